The zero-order chi connectivity index (χ0) is 66.8. The summed E-state index contributed by atoms with van der Waals surface area (Å²) in [6, 6.07) is 67.0. The molecular formula is C74H55Cl2F6N7O5. The van der Waals surface area contributed by atoms with E-state index in [1.165, 1.54) is 48.3 Å². The molecule has 4 heterocycles. The summed E-state index contributed by atoms with van der Waals surface area (Å²) >= 11 is 9.53. The van der Waals surface area contributed by atoms with Gasteiger partial charge >= 0.3 is 18.3 Å². The second-order valence-electron chi connectivity index (χ2n) is 20.8. The second-order valence-corrected chi connectivity index (χ2v) is 21.6. The number of hydrogen-bond donors (Lipinski definition) is 4. The fraction of sp³-hybridized carbons (Fsp3) is 0.0811. The third-order valence-corrected chi connectivity index (χ3v) is 14.6. The maximum atomic E-state index is 13.3. The Morgan fingerprint density at radius 3 is 1.29 bits per heavy atom. The van der Waals surface area contributed by atoms with E-state index in [0.29, 0.717) is 83.7 Å². The number of carbonyl (C=O) groups excluding carboxylic acids is 3. The van der Waals surface area contributed by atoms with E-state index in [1.54, 1.807) is 97.2 Å². The number of nitrogens with one attached hydrogen (secondary N) is 3. The van der Waals surface area contributed by atoms with Gasteiger partial charge in [-0.15, -0.1) is 23.2 Å². The van der Waals surface area contributed by atoms with E-state index in [4.69, 9.17) is 28.3 Å². The van der Waals surface area contributed by atoms with Gasteiger partial charge in [-0.05, 0) is 130 Å². The van der Waals surface area contributed by atoms with E-state index >= 15 is 0 Å². The third-order valence-electron chi connectivity index (χ3n) is 14.6. The molecule has 4 N–H and O–H groups in total. The highest BCUT2D eigenvalue weighted by molar-refractivity contribution is 6.40. The summed E-state index contributed by atoms with van der Waals surface area (Å²) in [6.45, 7) is 2.18. The number of alkyl halides is 8. The fourth-order valence-electron chi connectivity index (χ4n) is 9.86. The van der Waals surface area contributed by atoms with Crippen LogP contribution in [0, 0.1) is 0 Å². The largest absolute Gasteiger partial charge is 0.478 e. The number of benzene rings is 8. The van der Waals surface area contributed by atoms with Crippen molar-refractivity contribution in [3.63, 3.8) is 0 Å². The zero-order valence-electron chi connectivity index (χ0n) is 49.7. The molecule has 0 fully saturated rings. The van der Waals surface area contributed by atoms with Gasteiger partial charge in [-0.1, -0.05) is 153 Å². The average Bonchev–Trinajstić information content (AvgIpc) is 0.837. The van der Waals surface area contributed by atoms with Crippen molar-refractivity contribution in [2.45, 2.75) is 31.2 Å². The molecule has 12 aromatic rings. The smallest absolute Gasteiger partial charge is 0.416 e. The highest BCUT2D eigenvalue weighted by Crippen LogP contribution is 2.35. The van der Waals surface area contributed by atoms with Crippen molar-refractivity contribution in [1.82, 2.24) is 25.3 Å². The Labute approximate surface area is 546 Å². The number of carbonyl (C=O) groups is 4. The third kappa shape index (κ3) is 17.7. The zero-order valence-corrected chi connectivity index (χ0v) is 51.2. The van der Waals surface area contributed by atoms with Gasteiger partial charge in [0.2, 0.25) is 0 Å². The van der Waals surface area contributed by atoms with Crippen LogP contribution < -0.4 is 16.0 Å². The van der Waals surface area contributed by atoms with Gasteiger partial charge in [-0.3, -0.25) is 34.3 Å². The van der Waals surface area contributed by atoms with Crippen LogP contribution in [-0.4, -0.2) is 54.1 Å². The van der Waals surface area contributed by atoms with E-state index in [0.717, 1.165) is 35.5 Å². The van der Waals surface area contributed by atoms with Gasteiger partial charge in [0, 0.05) is 69.7 Å². The number of aromatic carboxylic acids is 1. The first kappa shape index (κ1) is 67.3. The van der Waals surface area contributed by atoms with E-state index in [-0.39, 0.29) is 16.8 Å². The van der Waals surface area contributed by atoms with Crippen molar-refractivity contribution < 1.29 is 50.6 Å². The van der Waals surface area contributed by atoms with E-state index in [9.17, 15) is 45.5 Å². The molecule has 4 aromatic heterocycles. The van der Waals surface area contributed by atoms with Crippen LogP contribution in [0.15, 0.2) is 267 Å². The highest BCUT2D eigenvalue weighted by atomic mass is 35.5. The molecule has 12 rings (SSSR count). The van der Waals surface area contributed by atoms with Crippen LogP contribution >= 0.6 is 23.2 Å². The Bertz CT molecular complexity index is 4480. The number of amides is 3. The standard InChI is InChI=1S/C36H25F3N4O2.C24H15F3N2O3.C13H13N.CH2Cl2/c37-36(38,39)27-16-13-23(14-17-27)29-10-4-5-11-30(29)35(45)42-28-18-15-25-20-26(22-41-32(25)21-28)34(44)43-33(24-8-2-1-3-9-24)31-12-6-7-19-40-31;25-24(26,27)17-8-5-14(6-9-17)19-3-1-2-4-20(19)22(30)29-18-10-7-15-11-16(23(31)32)13-28-21(15)12-18;1-11(12-7-3-2-4-8-12)13-9-5-6-10-14-13;2-1-3/h1-22,33H,(H,42,45)(H,43,44);1-13H,(H,29,30)(H,31,32);2-11H,1H3;1H2/t;;11-;/m..0./s1. The lowest BCUT2D eigenvalue weighted by Crippen LogP contribution is -2.30. The molecule has 20 heteroatoms. The predicted octanol–water partition coefficient (Wildman–Crippen LogP) is 18.6. The molecule has 2 atom stereocenters. The summed E-state index contributed by atoms with van der Waals surface area (Å²) in [7, 11) is 0. The van der Waals surface area contributed by atoms with E-state index in [2.05, 4.69) is 73.1 Å². The number of halogens is 8. The summed E-state index contributed by atoms with van der Waals surface area (Å²) in [4.78, 5) is 68.0. The Hall–Kier alpha value is -11.1. The fourth-order valence-corrected chi connectivity index (χ4v) is 9.86. The van der Waals surface area contributed by atoms with Crippen LogP contribution in [0.3, 0.4) is 0 Å². The molecule has 0 saturated carbocycles. The van der Waals surface area contributed by atoms with Gasteiger partial charge in [-0.25, -0.2) is 4.79 Å². The second kappa shape index (κ2) is 31.3. The highest BCUT2D eigenvalue weighted by Gasteiger charge is 2.31. The van der Waals surface area contributed by atoms with Gasteiger partial charge in [0.25, 0.3) is 17.7 Å². The van der Waals surface area contributed by atoms with Crippen molar-refractivity contribution in [3.05, 3.63) is 323 Å². The number of hydrogen-bond acceptors (Lipinski definition) is 8. The van der Waals surface area contributed by atoms with Crippen LogP contribution in [0.1, 0.15) is 94.0 Å². The minimum atomic E-state index is -4.45. The Morgan fingerprint density at radius 2 is 0.851 bits per heavy atom. The van der Waals surface area contributed by atoms with Crippen LogP contribution in [0.4, 0.5) is 37.7 Å². The normalized spacial score (nSPS) is 11.6. The molecule has 0 radical (unpaired) electrons. The topological polar surface area (TPSA) is 176 Å². The van der Waals surface area contributed by atoms with Gasteiger partial charge in [0.05, 0.1) is 50.4 Å². The van der Waals surface area contributed by atoms with Crippen molar-refractivity contribution >= 4 is 80.1 Å². The van der Waals surface area contributed by atoms with Crippen LogP contribution in [0.25, 0.3) is 44.1 Å². The van der Waals surface area contributed by atoms with Crippen molar-refractivity contribution in [1.29, 1.82) is 0 Å². The number of carboxylic acids is 1. The van der Waals surface area contributed by atoms with Gasteiger partial charge in [0.15, 0.2) is 0 Å². The minimum Gasteiger partial charge on any atom is -0.478 e. The summed E-state index contributed by atoms with van der Waals surface area (Å²) < 4.78 is 77.6. The van der Waals surface area contributed by atoms with Crippen molar-refractivity contribution in [2.24, 2.45) is 0 Å². The van der Waals surface area contributed by atoms with E-state index < -0.39 is 47.3 Å². The Morgan fingerprint density at radius 1 is 0.447 bits per heavy atom. The molecular weight excluding hydrogens is 1250 g/mol. The number of anilines is 2. The number of aromatic nitrogens is 4. The van der Waals surface area contributed by atoms with Crippen LogP contribution in [0.5, 0.6) is 0 Å². The van der Waals surface area contributed by atoms with Gasteiger partial charge in [-0.2, -0.15) is 26.3 Å². The summed E-state index contributed by atoms with van der Waals surface area (Å²) in [5, 5.41) is 19.2. The molecule has 0 aliphatic carbocycles. The molecule has 0 aliphatic heterocycles. The molecule has 0 saturated heterocycles. The maximum absolute atomic E-state index is 13.3. The van der Waals surface area contributed by atoms with Crippen LogP contribution in [0.2, 0.25) is 0 Å². The maximum Gasteiger partial charge on any atom is 0.416 e. The monoisotopic (exact) mass is 1310 g/mol. The molecule has 3 amide bonds. The number of rotatable bonds is 13. The predicted molar refractivity (Wildman–Crippen MR) is 355 cm³/mol. The Kier molecular flexibility index (Phi) is 22.4. The summed E-state index contributed by atoms with van der Waals surface area (Å²) in [5.74, 6) is -1.90. The van der Waals surface area contributed by atoms with Crippen molar-refractivity contribution in [2.75, 3.05) is 16.0 Å². The SMILES string of the molecule is C[C@@H](c1ccccc1)c1ccccn1.ClCCl.O=C(NC(c1ccccc1)c1ccccn1)c1cnc2cc(NC(=O)c3ccccc3-c3ccc(C(F)(F)F)cc3)ccc2c1.O=C(O)c1cnc2cc(NC(=O)c3ccccc3-c3ccc(C(F)(F)F)cc3)ccc2c1. The summed E-state index contributed by atoms with van der Waals surface area (Å²) in [5.41, 5.74) is 7.44. The molecule has 12 nitrogen and oxygen atoms in total. The lowest BCUT2D eigenvalue weighted by molar-refractivity contribution is -0.138. The first-order valence-electron chi connectivity index (χ1n) is 28.8. The number of fused-ring (bicyclic) bond motifs is 2. The van der Waals surface area contributed by atoms with Gasteiger partial charge in [0.1, 0.15) is 0 Å². The first-order valence-corrected chi connectivity index (χ1v) is 29.9. The molecule has 472 valence electrons. The molecule has 0 spiro atoms. The first-order chi connectivity index (χ1) is 45.3. The number of pyridine rings is 4. The lowest BCUT2D eigenvalue weighted by atomic mass is 9.97. The molecule has 0 aliphatic rings. The lowest BCUT2D eigenvalue weighted by Gasteiger charge is -2.19. The quantitative estimate of drug-likeness (QED) is 0.0646. The average molecular weight is 1310 g/mol. The minimum absolute atomic E-state index is 0.0553. The van der Waals surface area contributed by atoms with E-state index in [1.807, 2.05) is 72.9 Å². The molecule has 0 bridgehead atoms. The number of nitrogens with zero attached hydrogens (tertiary/aromatic N) is 4. The Balaban J connectivity index is 0.000000183. The molecule has 1 unspecified atom stereocenters. The van der Waals surface area contributed by atoms with Gasteiger partial charge < -0.3 is 21.1 Å². The number of carboxylic acid groups (broad SMARTS) is 1. The summed E-state index contributed by atoms with van der Waals surface area (Å²) in [6.07, 6.45) is -2.66. The molecule has 8 aromatic carbocycles. The molecule has 94 heavy (non-hydrogen) atoms. The van der Waals surface area contributed by atoms with Crippen molar-refractivity contribution in [3.8, 4) is 22.3 Å². The van der Waals surface area contributed by atoms with Crippen LogP contribution in [-0.2, 0) is 12.4 Å².